The van der Waals surface area contributed by atoms with E-state index in [2.05, 4.69) is 0 Å². The highest BCUT2D eigenvalue weighted by Crippen LogP contribution is 2.12. The van der Waals surface area contributed by atoms with Crippen molar-refractivity contribution in [2.75, 3.05) is 13.2 Å². The van der Waals surface area contributed by atoms with Crippen molar-refractivity contribution in [3.63, 3.8) is 0 Å². The molecular formula is C5H11NO3. The fraction of sp³-hybridized carbons (Fsp3) is 1.00. The average Bonchev–Trinajstić information content (AvgIpc) is 1.63. The summed E-state index contributed by atoms with van der Waals surface area (Å²) in [5, 5.41) is 18.4. The van der Waals surface area contributed by atoms with Gasteiger partial charge in [-0.05, 0) is 0 Å². The molecule has 0 fully saturated rings. The van der Waals surface area contributed by atoms with Crippen molar-refractivity contribution >= 4 is 0 Å². The third kappa shape index (κ3) is 3.90. The molecule has 0 aliphatic carbocycles. The van der Waals surface area contributed by atoms with E-state index in [1.54, 1.807) is 13.8 Å². The van der Waals surface area contributed by atoms with Gasteiger partial charge in [-0.25, -0.2) is 0 Å². The van der Waals surface area contributed by atoms with Gasteiger partial charge in [-0.3, -0.25) is 10.1 Å². The van der Waals surface area contributed by atoms with Crippen molar-refractivity contribution in [2.24, 2.45) is 5.41 Å². The highest BCUT2D eigenvalue weighted by atomic mass is 16.6. The lowest BCUT2D eigenvalue weighted by Gasteiger charge is -2.14. The van der Waals surface area contributed by atoms with Crippen LogP contribution >= 0.6 is 0 Å². The van der Waals surface area contributed by atoms with Crippen LogP contribution in [0.3, 0.4) is 0 Å². The first-order chi connectivity index (χ1) is 3.98. The summed E-state index contributed by atoms with van der Waals surface area (Å²) in [6, 6.07) is 0. The number of nitro groups is 1. The molecule has 0 spiro atoms. The zero-order chi connectivity index (χ0) is 7.49. The van der Waals surface area contributed by atoms with Crippen LogP contribution in [0.1, 0.15) is 13.8 Å². The number of hydrogen-bond acceptors (Lipinski definition) is 3. The van der Waals surface area contributed by atoms with Gasteiger partial charge in [0.2, 0.25) is 6.54 Å². The van der Waals surface area contributed by atoms with Crippen LogP contribution < -0.4 is 0 Å². The molecule has 0 aromatic heterocycles. The molecule has 0 saturated heterocycles. The molecule has 0 amide bonds. The second-order valence-corrected chi connectivity index (χ2v) is 2.81. The van der Waals surface area contributed by atoms with Gasteiger partial charge in [-0.2, -0.15) is 0 Å². The molecule has 0 aromatic carbocycles. The molecular weight excluding hydrogens is 122 g/mol. The van der Waals surface area contributed by atoms with E-state index in [0.29, 0.717) is 0 Å². The molecule has 4 nitrogen and oxygen atoms in total. The van der Waals surface area contributed by atoms with Gasteiger partial charge in [0.15, 0.2) is 0 Å². The smallest absolute Gasteiger partial charge is 0.211 e. The van der Waals surface area contributed by atoms with Crippen molar-refractivity contribution in [1.82, 2.24) is 0 Å². The van der Waals surface area contributed by atoms with Crippen molar-refractivity contribution in [2.45, 2.75) is 13.8 Å². The standard InChI is InChI=1S/C5H11NO3/c1-5(2,4-7)3-6(8)9/h7H,3-4H2,1-2H3. The van der Waals surface area contributed by atoms with Crippen LogP contribution in [0, 0.1) is 15.5 Å². The van der Waals surface area contributed by atoms with Crippen LogP contribution in [-0.4, -0.2) is 23.2 Å². The van der Waals surface area contributed by atoms with Crippen LogP contribution in [0.25, 0.3) is 0 Å². The van der Waals surface area contributed by atoms with Crippen LogP contribution in [0.2, 0.25) is 0 Å². The molecule has 0 radical (unpaired) electrons. The number of aliphatic hydroxyl groups is 1. The molecule has 9 heavy (non-hydrogen) atoms. The first-order valence-corrected chi connectivity index (χ1v) is 2.70. The summed E-state index contributed by atoms with van der Waals surface area (Å²) < 4.78 is 0. The van der Waals surface area contributed by atoms with E-state index >= 15 is 0 Å². The third-order valence-corrected chi connectivity index (χ3v) is 0.985. The first-order valence-electron chi connectivity index (χ1n) is 2.70. The Kier molecular flexibility index (Phi) is 2.58. The van der Waals surface area contributed by atoms with E-state index in [9.17, 15) is 10.1 Å². The molecule has 1 N–H and O–H groups in total. The molecule has 54 valence electrons. The minimum absolute atomic E-state index is 0.145. The Labute approximate surface area is 53.6 Å². The SMILES string of the molecule is CC(C)(CO)C[N+](=O)[O-]. The summed E-state index contributed by atoms with van der Waals surface area (Å²) in [6.07, 6.45) is 0. The van der Waals surface area contributed by atoms with Crippen molar-refractivity contribution in [3.05, 3.63) is 10.1 Å². The molecule has 0 heterocycles. The Hall–Kier alpha value is -0.640. The second kappa shape index (κ2) is 2.77. The number of hydrogen-bond donors (Lipinski definition) is 1. The molecule has 4 heteroatoms. The summed E-state index contributed by atoms with van der Waals surface area (Å²) in [7, 11) is 0. The summed E-state index contributed by atoms with van der Waals surface area (Å²) in [6.45, 7) is 2.98. The zero-order valence-corrected chi connectivity index (χ0v) is 5.63. The number of nitrogens with zero attached hydrogens (tertiary/aromatic N) is 1. The normalized spacial score (nSPS) is 11.4. The maximum atomic E-state index is 9.87. The monoisotopic (exact) mass is 133 g/mol. The quantitative estimate of drug-likeness (QED) is 0.444. The highest BCUT2D eigenvalue weighted by molar-refractivity contribution is 4.63. The van der Waals surface area contributed by atoms with Gasteiger partial charge in [-0.15, -0.1) is 0 Å². The molecule has 0 aliphatic rings. The van der Waals surface area contributed by atoms with Crippen LogP contribution in [-0.2, 0) is 0 Å². The summed E-state index contributed by atoms with van der Waals surface area (Å²) in [5.41, 5.74) is -0.580. The Morgan fingerprint density at radius 3 is 2.22 bits per heavy atom. The summed E-state index contributed by atoms with van der Waals surface area (Å²) in [5.74, 6) is 0. The molecule has 0 aromatic rings. The van der Waals surface area contributed by atoms with Gasteiger partial charge in [0.05, 0.1) is 12.0 Å². The van der Waals surface area contributed by atoms with E-state index < -0.39 is 10.3 Å². The predicted molar refractivity (Wildman–Crippen MR) is 32.7 cm³/mol. The van der Waals surface area contributed by atoms with Crippen LogP contribution in [0.5, 0.6) is 0 Å². The number of rotatable bonds is 3. The third-order valence-electron chi connectivity index (χ3n) is 0.985. The lowest BCUT2D eigenvalue weighted by Crippen LogP contribution is -2.26. The highest BCUT2D eigenvalue weighted by Gasteiger charge is 2.22. The second-order valence-electron chi connectivity index (χ2n) is 2.81. The van der Waals surface area contributed by atoms with Gasteiger partial charge in [0, 0.05) is 4.92 Å². The Morgan fingerprint density at radius 1 is 1.67 bits per heavy atom. The average molecular weight is 133 g/mol. The van der Waals surface area contributed by atoms with Crippen LogP contribution in [0.4, 0.5) is 0 Å². The molecule has 0 saturated carbocycles. The molecule has 0 rings (SSSR count). The first kappa shape index (κ1) is 8.36. The summed E-state index contributed by atoms with van der Waals surface area (Å²) in [4.78, 5) is 9.45. The molecule has 0 bridgehead atoms. The van der Waals surface area contributed by atoms with Gasteiger partial charge in [-0.1, -0.05) is 13.8 Å². The van der Waals surface area contributed by atoms with E-state index in [4.69, 9.17) is 5.11 Å². The number of aliphatic hydroxyl groups excluding tert-OH is 1. The maximum Gasteiger partial charge on any atom is 0.211 e. The van der Waals surface area contributed by atoms with Crippen molar-refractivity contribution in [1.29, 1.82) is 0 Å². The van der Waals surface area contributed by atoms with Gasteiger partial charge in [0.1, 0.15) is 0 Å². The van der Waals surface area contributed by atoms with E-state index in [1.807, 2.05) is 0 Å². The molecule has 0 unspecified atom stereocenters. The summed E-state index contributed by atoms with van der Waals surface area (Å²) >= 11 is 0. The lowest BCUT2D eigenvalue weighted by molar-refractivity contribution is -0.496. The minimum Gasteiger partial charge on any atom is -0.396 e. The van der Waals surface area contributed by atoms with Gasteiger partial charge >= 0.3 is 0 Å². The van der Waals surface area contributed by atoms with Gasteiger partial charge in [0.25, 0.3) is 0 Å². The minimum atomic E-state index is -0.580. The van der Waals surface area contributed by atoms with Crippen LogP contribution in [0.15, 0.2) is 0 Å². The Balaban J connectivity index is 3.71. The topological polar surface area (TPSA) is 63.4 Å². The molecule has 0 atom stereocenters. The predicted octanol–water partition coefficient (Wildman–Crippen LogP) is 0.282. The fourth-order valence-electron chi connectivity index (χ4n) is 0.399. The van der Waals surface area contributed by atoms with E-state index in [0.717, 1.165) is 0 Å². The Bertz CT molecular complexity index is 111. The van der Waals surface area contributed by atoms with Crippen molar-refractivity contribution < 1.29 is 10.0 Å². The maximum absolute atomic E-state index is 9.87. The van der Waals surface area contributed by atoms with E-state index in [1.165, 1.54) is 0 Å². The zero-order valence-electron chi connectivity index (χ0n) is 5.63. The van der Waals surface area contributed by atoms with Gasteiger partial charge < -0.3 is 5.11 Å². The Morgan fingerprint density at radius 2 is 2.11 bits per heavy atom. The van der Waals surface area contributed by atoms with Crippen molar-refractivity contribution in [3.8, 4) is 0 Å². The largest absolute Gasteiger partial charge is 0.396 e. The fourth-order valence-corrected chi connectivity index (χ4v) is 0.399. The van der Waals surface area contributed by atoms with E-state index in [-0.39, 0.29) is 13.2 Å². The lowest BCUT2D eigenvalue weighted by atomic mass is 9.95. The molecule has 0 aliphatic heterocycles.